The first kappa shape index (κ1) is 11.4. The number of hydrogen-bond acceptors (Lipinski definition) is 4. The quantitative estimate of drug-likeness (QED) is 0.774. The van der Waals surface area contributed by atoms with E-state index in [0.717, 1.165) is 13.0 Å². The van der Waals surface area contributed by atoms with Crippen molar-refractivity contribution in [2.75, 3.05) is 11.4 Å². The zero-order valence-electron chi connectivity index (χ0n) is 9.93. The van der Waals surface area contributed by atoms with Crippen LogP contribution in [0.15, 0.2) is 6.33 Å². The van der Waals surface area contributed by atoms with E-state index in [9.17, 15) is 4.79 Å². The van der Waals surface area contributed by atoms with Crippen LogP contribution < -0.4 is 4.90 Å². The lowest BCUT2D eigenvalue weighted by molar-refractivity contribution is -0.117. The molecule has 94 valence electrons. The lowest BCUT2D eigenvalue weighted by Gasteiger charge is -2.14. The maximum atomic E-state index is 11.8. The van der Waals surface area contributed by atoms with E-state index in [1.54, 1.807) is 11.2 Å². The first-order valence-corrected chi connectivity index (χ1v) is 6.27. The van der Waals surface area contributed by atoms with E-state index >= 15 is 0 Å². The van der Waals surface area contributed by atoms with Gasteiger partial charge in [-0.3, -0.25) is 9.69 Å². The van der Waals surface area contributed by atoms with Crippen LogP contribution in [0, 0.1) is 0 Å². The molecule has 0 bridgehead atoms. The number of imidazole rings is 1. The van der Waals surface area contributed by atoms with E-state index in [4.69, 9.17) is 11.6 Å². The van der Waals surface area contributed by atoms with E-state index in [1.807, 2.05) is 11.5 Å². The van der Waals surface area contributed by atoms with Crippen molar-refractivity contribution in [2.24, 2.45) is 0 Å². The predicted octanol–water partition coefficient (Wildman–Crippen LogP) is 1.63. The molecular formula is C11H12ClN5O. The second kappa shape index (κ2) is 4.20. The fourth-order valence-electron chi connectivity index (χ4n) is 2.20. The zero-order chi connectivity index (χ0) is 12.7. The molecule has 1 saturated heterocycles. The lowest BCUT2D eigenvalue weighted by Crippen LogP contribution is -2.25. The van der Waals surface area contributed by atoms with Gasteiger partial charge in [0.1, 0.15) is 0 Å². The molecule has 0 aromatic carbocycles. The maximum Gasteiger partial charge on any atom is 0.228 e. The Labute approximate surface area is 109 Å². The number of hydrogen-bond donors (Lipinski definition) is 0. The number of fused-ring (bicyclic) bond motifs is 1. The van der Waals surface area contributed by atoms with Gasteiger partial charge in [0, 0.05) is 19.5 Å². The first-order valence-electron chi connectivity index (χ1n) is 5.89. The molecule has 0 unspecified atom stereocenters. The number of nitrogens with zero attached hydrogens (tertiary/aromatic N) is 5. The number of carbonyl (C=O) groups excluding carboxylic acids is 1. The Morgan fingerprint density at radius 1 is 1.44 bits per heavy atom. The van der Waals surface area contributed by atoms with E-state index in [0.29, 0.717) is 29.9 Å². The Morgan fingerprint density at radius 2 is 2.28 bits per heavy atom. The molecule has 7 heteroatoms. The summed E-state index contributed by atoms with van der Waals surface area (Å²) in [6.45, 7) is 3.41. The Hall–Kier alpha value is -1.69. The van der Waals surface area contributed by atoms with Crippen molar-refractivity contribution in [1.82, 2.24) is 19.5 Å². The van der Waals surface area contributed by atoms with E-state index in [1.165, 1.54) is 0 Å². The maximum absolute atomic E-state index is 11.8. The molecule has 0 radical (unpaired) electrons. The number of halogens is 1. The molecule has 1 fully saturated rings. The van der Waals surface area contributed by atoms with Gasteiger partial charge in [-0.1, -0.05) is 0 Å². The lowest BCUT2D eigenvalue weighted by atomic mass is 10.4. The van der Waals surface area contributed by atoms with E-state index in [-0.39, 0.29) is 11.2 Å². The standard InChI is InChI=1S/C11H12ClN5O/c1-2-16-6-13-8-9(16)14-11(12)15-10(8)17-5-3-4-7(17)18/h6H,2-5H2,1H3. The third kappa shape index (κ3) is 1.64. The molecule has 3 rings (SSSR count). The van der Waals surface area contributed by atoms with Crippen LogP contribution in [0.4, 0.5) is 5.82 Å². The fraction of sp³-hybridized carbons (Fsp3) is 0.455. The van der Waals surface area contributed by atoms with Gasteiger partial charge in [-0.2, -0.15) is 9.97 Å². The minimum Gasteiger partial charge on any atom is -0.315 e. The summed E-state index contributed by atoms with van der Waals surface area (Å²) in [5.41, 5.74) is 1.31. The van der Waals surface area contributed by atoms with Crippen molar-refractivity contribution in [3.05, 3.63) is 11.6 Å². The summed E-state index contributed by atoms with van der Waals surface area (Å²) >= 11 is 5.93. The summed E-state index contributed by atoms with van der Waals surface area (Å²) in [6, 6.07) is 0. The van der Waals surface area contributed by atoms with Crippen LogP contribution in [0.2, 0.25) is 5.28 Å². The molecule has 2 aromatic heterocycles. The second-order valence-electron chi connectivity index (χ2n) is 4.17. The fourth-order valence-corrected chi connectivity index (χ4v) is 2.36. The van der Waals surface area contributed by atoms with Gasteiger partial charge in [-0.25, -0.2) is 4.98 Å². The van der Waals surface area contributed by atoms with Gasteiger partial charge in [-0.05, 0) is 24.9 Å². The summed E-state index contributed by atoms with van der Waals surface area (Å²) < 4.78 is 1.88. The molecule has 18 heavy (non-hydrogen) atoms. The van der Waals surface area contributed by atoms with Crippen molar-refractivity contribution >= 4 is 34.5 Å². The molecule has 2 aromatic rings. The summed E-state index contributed by atoms with van der Waals surface area (Å²) in [5, 5.41) is 0.146. The molecular weight excluding hydrogens is 254 g/mol. The smallest absolute Gasteiger partial charge is 0.228 e. The SMILES string of the molecule is CCn1cnc2c(N3CCCC3=O)nc(Cl)nc21. The van der Waals surface area contributed by atoms with Gasteiger partial charge in [-0.15, -0.1) is 0 Å². The number of amides is 1. The molecule has 1 amide bonds. The van der Waals surface area contributed by atoms with Crippen molar-refractivity contribution in [3.63, 3.8) is 0 Å². The van der Waals surface area contributed by atoms with Crippen LogP contribution >= 0.6 is 11.6 Å². The van der Waals surface area contributed by atoms with Gasteiger partial charge < -0.3 is 4.57 Å². The molecule has 1 aliphatic rings. The average Bonchev–Trinajstić information content (AvgIpc) is 2.94. The number of rotatable bonds is 2. The van der Waals surface area contributed by atoms with Crippen LogP contribution in [0.25, 0.3) is 11.2 Å². The Bertz CT molecular complexity index is 623. The summed E-state index contributed by atoms with van der Waals surface area (Å²) in [7, 11) is 0. The predicted molar refractivity (Wildman–Crippen MR) is 67.6 cm³/mol. The average molecular weight is 266 g/mol. The molecule has 1 aliphatic heterocycles. The minimum absolute atomic E-state index is 0.0668. The second-order valence-corrected chi connectivity index (χ2v) is 4.51. The molecule has 0 saturated carbocycles. The zero-order valence-corrected chi connectivity index (χ0v) is 10.7. The normalized spacial score (nSPS) is 15.9. The Balaban J connectivity index is 2.22. The van der Waals surface area contributed by atoms with E-state index < -0.39 is 0 Å². The highest BCUT2D eigenvalue weighted by atomic mass is 35.5. The molecule has 0 spiro atoms. The third-order valence-corrected chi connectivity index (χ3v) is 3.26. The minimum atomic E-state index is 0.0668. The van der Waals surface area contributed by atoms with Gasteiger partial charge in [0.2, 0.25) is 11.2 Å². The molecule has 6 nitrogen and oxygen atoms in total. The summed E-state index contributed by atoms with van der Waals surface area (Å²) in [6.07, 6.45) is 3.09. The third-order valence-electron chi connectivity index (χ3n) is 3.09. The number of anilines is 1. The topological polar surface area (TPSA) is 63.9 Å². The van der Waals surface area contributed by atoms with Gasteiger partial charge in [0.05, 0.1) is 6.33 Å². The largest absolute Gasteiger partial charge is 0.315 e. The first-order chi connectivity index (χ1) is 8.70. The summed E-state index contributed by atoms with van der Waals surface area (Å²) in [5.74, 6) is 0.594. The summed E-state index contributed by atoms with van der Waals surface area (Å²) in [4.78, 5) is 26.1. The van der Waals surface area contributed by atoms with E-state index in [2.05, 4.69) is 15.0 Å². The van der Waals surface area contributed by atoms with Gasteiger partial charge in [0.25, 0.3) is 0 Å². The number of carbonyl (C=O) groups is 1. The highest BCUT2D eigenvalue weighted by Gasteiger charge is 2.26. The van der Waals surface area contributed by atoms with Crippen LogP contribution in [-0.2, 0) is 11.3 Å². The highest BCUT2D eigenvalue weighted by molar-refractivity contribution is 6.28. The number of aryl methyl sites for hydroxylation is 1. The molecule has 3 heterocycles. The van der Waals surface area contributed by atoms with Crippen molar-refractivity contribution in [3.8, 4) is 0 Å². The molecule has 0 atom stereocenters. The van der Waals surface area contributed by atoms with Crippen LogP contribution in [0.3, 0.4) is 0 Å². The van der Waals surface area contributed by atoms with Crippen molar-refractivity contribution in [2.45, 2.75) is 26.3 Å². The van der Waals surface area contributed by atoms with Crippen molar-refractivity contribution < 1.29 is 4.79 Å². The Morgan fingerprint density at radius 3 is 2.94 bits per heavy atom. The van der Waals surface area contributed by atoms with Gasteiger partial charge >= 0.3 is 0 Å². The Kier molecular flexibility index (Phi) is 2.66. The van der Waals surface area contributed by atoms with Gasteiger partial charge in [0.15, 0.2) is 17.0 Å². The monoisotopic (exact) mass is 265 g/mol. The van der Waals surface area contributed by atoms with Crippen LogP contribution in [-0.4, -0.2) is 32.0 Å². The van der Waals surface area contributed by atoms with Crippen LogP contribution in [0.1, 0.15) is 19.8 Å². The van der Waals surface area contributed by atoms with Crippen molar-refractivity contribution in [1.29, 1.82) is 0 Å². The van der Waals surface area contributed by atoms with Crippen LogP contribution in [0.5, 0.6) is 0 Å². The molecule has 0 N–H and O–H groups in total. The molecule has 0 aliphatic carbocycles. The number of aromatic nitrogens is 4. The highest BCUT2D eigenvalue weighted by Crippen LogP contribution is 2.27.